The van der Waals surface area contributed by atoms with Crippen LogP contribution in [0.3, 0.4) is 0 Å². The molecule has 0 aliphatic carbocycles. The number of rotatable bonds is 3. The summed E-state index contributed by atoms with van der Waals surface area (Å²) < 4.78 is 4.87. The number of carbonyl (C=O) groups excluding carboxylic acids is 1. The Hall–Kier alpha value is -3.06. The summed E-state index contributed by atoms with van der Waals surface area (Å²) in [4.78, 5) is 19.4. The number of fused-ring (bicyclic) bond motifs is 1. The van der Waals surface area contributed by atoms with Crippen LogP contribution in [-0.2, 0) is 4.74 Å². The Morgan fingerprint density at radius 1 is 1.19 bits per heavy atom. The molecule has 102 valence electrons. The van der Waals surface area contributed by atoms with Crippen LogP contribution >= 0.6 is 0 Å². The molecule has 0 saturated carbocycles. The summed E-state index contributed by atoms with van der Waals surface area (Å²) in [5.74, 6) is 2.60. The minimum atomic E-state index is -0.427. The zero-order valence-electron chi connectivity index (χ0n) is 11.2. The highest BCUT2D eigenvalue weighted by atomic mass is 16.5. The molecule has 21 heavy (non-hydrogen) atoms. The number of benzene rings is 2. The number of nitrogens with zero attached hydrogens (tertiary/aromatic N) is 1. The van der Waals surface area contributed by atoms with E-state index in [-0.39, 0.29) is 6.61 Å². The van der Waals surface area contributed by atoms with Gasteiger partial charge in [-0.2, -0.15) is 0 Å². The van der Waals surface area contributed by atoms with Crippen molar-refractivity contribution in [1.82, 2.24) is 9.97 Å². The number of H-pyrrole nitrogens is 1. The molecule has 0 amide bonds. The van der Waals surface area contributed by atoms with Crippen molar-refractivity contribution >= 4 is 17.0 Å². The van der Waals surface area contributed by atoms with Crippen LogP contribution in [0, 0.1) is 12.3 Å². The first-order valence-electron chi connectivity index (χ1n) is 6.44. The van der Waals surface area contributed by atoms with E-state index in [1.165, 1.54) is 0 Å². The fourth-order valence-corrected chi connectivity index (χ4v) is 2.04. The van der Waals surface area contributed by atoms with Gasteiger partial charge in [-0.05, 0) is 24.3 Å². The summed E-state index contributed by atoms with van der Waals surface area (Å²) in [6.07, 6.45) is 5.05. The first-order chi connectivity index (χ1) is 10.3. The maximum absolute atomic E-state index is 11.7. The van der Waals surface area contributed by atoms with Crippen molar-refractivity contribution in [2.75, 3.05) is 6.61 Å². The molecule has 1 heterocycles. The largest absolute Gasteiger partial charge is 0.449 e. The maximum Gasteiger partial charge on any atom is 0.339 e. The Morgan fingerprint density at radius 3 is 2.67 bits per heavy atom. The predicted molar refractivity (Wildman–Crippen MR) is 80.6 cm³/mol. The molecule has 0 bridgehead atoms. The third kappa shape index (κ3) is 2.63. The smallest absolute Gasteiger partial charge is 0.339 e. The van der Waals surface area contributed by atoms with E-state index in [2.05, 4.69) is 15.9 Å². The molecule has 0 spiro atoms. The molecule has 1 aromatic heterocycles. The highest BCUT2D eigenvalue weighted by Gasteiger charge is 2.08. The summed E-state index contributed by atoms with van der Waals surface area (Å²) >= 11 is 0. The summed E-state index contributed by atoms with van der Waals surface area (Å²) in [6, 6.07) is 14.8. The van der Waals surface area contributed by atoms with Crippen LogP contribution in [0.15, 0.2) is 48.5 Å². The monoisotopic (exact) mass is 276 g/mol. The summed E-state index contributed by atoms with van der Waals surface area (Å²) in [5, 5.41) is 0. The lowest BCUT2D eigenvalue weighted by Gasteiger charge is -2.02. The lowest BCUT2D eigenvalue weighted by Crippen LogP contribution is -2.04. The highest BCUT2D eigenvalue weighted by Crippen LogP contribution is 2.20. The minimum Gasteiger partial charge on any atom is -0.449 e. The van der Waals surface area contributed by atoms with E-state index in [0.29, 0.717) is 5.56 Å². The minimum absolute atomic E-state index is 0.0237. The van der Waals surface area contributed by atoms with E-state index in [1.54, 1.807) is 12.1 Å². The number of ether oxygens (including phenoxy) is 1. The Labute approximate surface area is 121 Å². The normalized spacial score (nSPS) is 10.2. The van der Waals surface area contributed by atoms with Gasteiger partial charge in [0.25, 0.3) is 0 Å². The van der Waals surface area contributed by atoms with E-state index in [0.717, 1.165) is 22.4 Å². The predicted octanol–water partition coefficient (Wildman–Crippen LogP) is 3.02. The number of imidazole rings is 1. The SMILES string of the molecule is C#CCOC(=O)c1ccc(-c2nc3ccccc3[nH]2)cc1. The van der Waals surface area contributed by atoms with E-state index >= 15 is 0 Å². The van der Waals surface area contributed by atoms with Gasteiger partial charge in [-0.3, -0.25) is 0 Å². The van der Waals surface area contributed by atoms with Crippen LogP contribution in [0.5, 0.6) is 0 Å². The first kappa shape index (κ1) is 12.9. The average molecular weight is 276 g/mol. The van der Waals surface area contributed by atoms with Gasteiger partial charge in [0.05, 0.1) is 16.6 Å². The van der Waals surface area contributed by atoms with E-state index in [4.69, 9.17) is 11.2 Å². The second kappa shape index (κ2) is 5.51. The van der Waals surface area contributed by atoms with Crippen molar-refractivity contribution in [3.05, 3.63) is 54.1 Å². The fraction of sp³-hybridized carbons (Fsp3) is 0.0588. The van der Waals surface area contributed by atoms with Crippen LogP contribution in [0.25, 0.3) is 22.4 Å². The number of para-hydroxylation sites is 2. The van der Waals surface area contributed by atoms with Crippen molar-refractivity contribution in [3.63, 3.8) is 0 Å². The Morgan fingerprint density at radius 2 is 1.95 bits per heavy atom. The molecule has 0 fully saturated rings. The molecule has 4 nitrogen and oxygen atoms in total. The van der Waals surface area contributed by atoms with Gasteiger partial charge in [0.1, 0.15) is 5.82 Å². The van der Waals surface area contributed by atoms with Crippen LogP contribution in [0.4, 0.5) is 0 Å². The number of nitrogens with one attached hydrogen (secondary N) is 1. The van der Waals surface area contributed by atoms with Crippen LogP contribution in [0.2, 0.25) is 0 Å². The molecule has 0 aliphatic rings. The third-order valence-corrected chi connectivity index (χ3v) is 3.07. The van der Waals surface area contributed by atoms with Gasteiger partial charge in [-0.1, -0.05) is 30.2 Å². The van der Waals surface area contributed by atoms with Gasteiger partial charge in [-0.25, -0.2) is 9.78 Å². The van der Waals surface area contributed by atoms with Crippen molar-refractivity contribution in [3.8, 4) is 23.7 Å². The standard InChI is InChI=1S/C17H12N2O2/c1-2-11-21-17(20)13-9-7-12(8-10-13)16-18-14-5-3-4-6-15(14)19-16/h1,3-10H,11H2,(H,18,19). The average Bonchev–Trinajstić information content (AvgIpc) is 2.96. The maximum atomic E-state index is 11.7. The number of terminal acetylenes is 1. The van der Waals surface area contributed by atoms with Gasteiger partial charge in [0, 0.05) is 5.56 Å². The molecule has 0 atom stereocenters. The molecule has 2 aromatic carbocycles. The number of aromatic amines is 1. The molecule has 3 rings (SSSR count). The number of carbonyl (C=O) groups is 1. The number of aromatic nitrogens is 2. The number of esters is 1. The van der Waals surface area contributed by atoms with Crippen molar-refractivity contribution in [1.29, 1.82) is 0 Å². The lowest BCUT2D eigenvalue weighted by atomic mass is 10.1. The van der Waals surface area contributed by atoms with Crippen molar-refractivity contribution < 1.29 is 9.53 Å². The Bertz CT molecular complexity index is 793. The van der Waals surface area contributed by atoms with Gasteiger partial charge < -0.3 is 9.72 Å². The van der Waals surface area contributed by atoms with Gasteiger partial charge in [-0.15, -0.1) is 6.42 Å². The summed E-state index contributed by atoms with van der Waals surface area (Å²) in [5.41, 5.74) is 3.25. The zero-order valence-corrected chi connectivity index (χ0v) is 11.2. The van der Waals surface area contributed by atoms with E-state index in [9.17, 15) is 4.79 Å². The van der Waals surface area contributed by atoms with Gasteiger partial charge in [0.2, 0.25) is 0 Å². The van der Waals surface area contributed by atoms with E-state index < -0.39 is 5.97 Å². The highest BCUT2D eigenvalue weighted by molar-refractivity contribution is 5.90. The molecule has 0 saturated heterocycles. The topological polar surface area (TPSA) is 55.0 Å². The summed E-state index contributed by atoms with van der Waals surface area (Å²) in [6.45, 7) is -0.0237. The van der Waals surface area contributed by atoms with Crippen molar-refractivity contribution in [2.24, 2.45) is 0 Å². The number of hydrogen-bond donors (Lipinski definition) is 1. The molecule has 0 aliphatic heterocycles. The second-order valence-electron chi connectivity index (χ2n) is 4.46. The van der Waals surface area contributed by atoms with Crippen LogP contribution in [-0.4, -0.2) is 22.5 Å². The van der Waals surface area contributed by atoms with Crippen LogP contribution < -0.4 is 0 Å². The van der Waals surface area contributed by atoms with Crippen molar-refractivity contribution in [2.45, 2.75) is 0 Å². The summed E-state index contributed by atoms with van der Waals surface area (Å²) in [7, 11) is 0. The third-order valence-electron chi connectivity index (χ3n) is 3.07. The molecule has 0 unspecified atom stereocenters. The molecule has 1 N–H and O–H groups in total. The molecular weight excluding hydrogens is 264 g/mol. The molecule has 0 radical (unpaired) electrons. The zero-order chi connectivity index (χ0) is 14.7. The van der Waals surface area contributed by atoms with Crippen LogP contribution in [0.1, 0.15) is 10.4 Å². The first-order valence-corrected chi connectivity index (χ1v) is 6.44. The quantitative estimate of drug-likeness (QED) is 0.591. The van der Waals surface area contributed by atoms with E-state index in [1.807, 2.05) is 36.4 Å². The molecular formula is C17H12N2O2. The fourth-order valence-electron chi connectivity index (χ4n) is 2.04. The number of hydrogen-bond acceptors (Lipinski definition) is 3. The Balaban J connectivity index is 1.87. The lowest BCUT2D eigenvalue weighted by molar-refractivity contribution is 0.0557. The Kier molecular flexibility index (Phi) is 3.40. The van der Waals surface area contributed by atoms with Gasteiger partial charge >= 0.3 is 5.97 Å². The molecule has 4 heteroatoms. The second-order valence-corrected chi connectivity index (χ2v) is 4.46. The molecule has 3 aromatic rings. The van der Waals surface area contributed by atoms with Gasteiger partial charge in [0.15, 0.2) is 6.61 Å².